The first-order valence-electron chi connectivity index (χ1n) is 7.35. The second kappa shape index (κ2) is 6.75. The Labute approximate surface area is 139 Å². The molecule has 5 nitrogen and oxygen atoms in total. The normalized spacial score (nSPS) is 12.1. The number of hydrogen-bond donors (Lipinski definition) is 1. The van der Waals surface area contributed by atoms with Crippen molar-refractivity contribution in [2.24, 2.45) is 7.05 Å². The standard InChI is InChI=1S/C17H18N4OS/c1-12-15(10-21(2)20-12)17(22)19-16(8-13-5-7-23-11-13)14-4-3-6-18-9-14/h3-7,9-11,16H,8H2,1-2H3,(H,19,22). The zero-order chi connectivity index (χ0) is 16.2. The van der Waals surface area contributed by atoms with Crippen molar-refractivity contribution < 1.29 is 4.79 Å². The van der Waals surface area contributed by atoms with Crippen LogP contribution in [0, 0.1) is 6.92 Å². The number of rotatable bonds is 5. The van der Waals surface area contributed by atoms with E-state index in [0.717, 1.165) is 17.7 Å². The van der Waals surface area contributed by atoms with E-state index in [0.29, 0.717) is 5.56 Å². The largest absolute Gasteiger partial charge is 0.345 e. The minimum atomic E-state index is -0.120. The van der Waals surface area contributed by atoms with Crippen LogP contribution in [0.3, 0.4) is 0 Å². The highest BCUT2D eigenvalue weighted by Crippen LogP contribution is 2.20. The van der Waals surface area contributed by atoms with Gasteiger partial charge in [-0.2, -0.15) is 16.4 Å². The fourth-order valence-corrected chi connectivity index (χ4v) is 3.22. The van der Waals surface area contributed by atoms with Gasteiger partial charge in [-0.1, -0.05) is 6.07 Å². The molecular formula is C17H18N4OS. The van der Waals surface area contributed by atoms with Gasteiger partial charge in [-0.15, -0.1) is 0 Å². The summed E-state index contributed by atoms with van der Waals surface area (Å²) in [6.45, 7) is 1.84. The van der Waals surface area contributed by atoms with Crippen LogP contribution in [0.5, 0.6) is 0 Å². The van der Waals surface area contributed by atoms with E-state index in [1.54, 1.807) is 34.6 Å². The highest BCUT2D eigenvalue weighted by atomic mass is 32.1. The summed E-state index contributed by atoms with van der Waals surface area (Å²) in [5, 5.41) is 11.5. The second-order valence-corrected chi connectivity index (χ2v) is 6.23. The van der Waals surface area contributed by atoms with Gasteiger partial charge in [-0.25, -0.2) is 0 Å². The van der Waals surface area contributed by atoms with Crippen molar-refractivity contribution in [3.63, 3.8) is 0 Å². The number of carbonyl (C=O) groups excluding carboxylic acids is 1. The predicted octanol–water partition coefficient (Wildman–Crippen LogP) is 2.90. The highest BCUT2D eigenvalue weighted by Gasteiger charge is 2.19. The number of nitrogens with one attached hydrogen (secondary N) is 1. The molecule has 6 heteroatoms. The zero-order valence-corrected chi connectivity index (χ0v) is 13.9. The lowest BCUT2D eigenvalue weighted by molar-refractivity contribution is 0.0936. The Bertz CT molecular complexity index is 780. The minimum Gasteiger partial charge on any atom is -0.345 e. The van der Waals surface area contributed by atoms with Crippen LogP contribution in [0.25, 0.3) is 0 Å². The van der Waals surface area contributed by atoms with E-state index in [1.807, 2.05) is 31.5 Å². The van der Waals surface area contributed by atoms with Gasteiger partial charge in [0.05, 0.1) is 17.3 Å². The van der Waals surface area contributed by atoms with Crippen molar-refractivity contribution in [2.45, 2.75) is 19.4 Å². The van der Waals surface area contributed by atoms with Gasteiger partial charge < -0.3 is 5.32 Å². The van der Waals surface area contributed by atoms with E-state index < -0.39 is 0 Å². The van der Waals surface area contributed by atoms with E-state index >= 15 is 0 Å². The summed E-state index contributed by atoms with van der Waals surface area (Å²) in [6, 6.07) is 5.83. The van der Waals surface area contributed by atoms with Gasteiger partial charge in [0.15, 0.2) is 0 Å². The third-order valence-electron chi connectivity index (χ3n) is 3.67. The Morgan fingerprint density at radius 2 is 2.30 bits per heavy atom. The molecule has 0 aliphatic carbocycles. The molecule has 118 valence electrons. The molecule has 0 bridgehead atoms. The first-order valence-corrected chi connectivity index (χ1v) is 8.30. The van der Waals surface area contributed by atoms with Crippen molar-refractivity contribution in [1.29, 1.82) is 0 Å². The lowest BCUT2D eigenvalue weighted by Crippen LogP contribution is -2.30. The van der Waals surface area contributed by atoms with Gasteiger partial charge in [-0.3, -0.25) is 14.5 Å². The first-order chi connectivity index (χ1) is 11.1. The summed E-state index contributed by atoms with van der Waals surface area (Å²) in [5.41, 5.74) is 3.53. The molecule has 1 unspecified atom stereocenters. The monoisotopic (exact) mass is 326 g/mol. The topological polar surface area (TPSA) is 59.8 Å². The molecule has 0 radical (unpaired) electrons. The number of aromatic nitrogens is 3. The Morgan fingerprint density at radius 3 is 2.91 bits per heavy atom. The third-order valence-corrected chi connectivity index (χ3v) is 4.40. The fraction of sp³-hybridized carbons (Fsp3) is 0.235. The molecule has 1 amide bonds. The van der Waals surface area contributed by atoms with Gasteiger partial charge in [0.2, 0.25) is 0 Å². The molecule has 0 aromatic carbocycles. The predicted molar refractivity (Wildman–Crippen MR) is 90.4 cm³/mol. The second-order valence-electron chi connectivity index (χ2n) is 5.45. The Balaban J connectivity index is 1.83. The number of pyridine rings is 1. The van der Waals surface area contributed by atoms with Crippen molar-refractivity contribution in [3.8, 4) is 0 Å². The van der Waals surface area contributed by atoms with Crippen LogP contribution >= 0.6 is 11.3 Å². The average molecular weight is 326 g/mol. The molecule has 0 spiro atoms. The summed E-state index contributed by atoms with van der Waals surface area (Å²) < 4.78 is 1.65. The molecule has 0 saturated carbocycles. The number of aryl methyl sites for hydroxylation is 2. The van der Waals surface area contributed by atoms with Gasteiger partial charge >= 0.3 is 0 Å². The van der Waals surface area contributed by atoms with E-state index in [-0.39, 0.29) is 11.9 Å². The smallest absolute Gasteiger partial charge is 0.255 e. The molecule has 0 saturated heterocycles. The van der Waals surface area contributed by atoms with Crippen LogP contribution in [-0.2, 0) is 13.5 Å². The number of nitrogens with zero attached hydrogens (tertiary/aromatic N) is 3. The average Bonchev–Trinajstić information content (AvgIpc) is 3.17. The zero-order valence-electron chi connectivity index (χ0n) is 13.1. The molecule has 3 aromatic rings. The quantitative estimate of drug-likeness (QED) is 0.784. The van der Waals surface area contributed by atoms with Crippen LogP contribution in [0.1, 0.15) is 33.2 Å². The maximum Gasteiger partial charge on any atom is 0.255 e. The summed E-state index contributed by atoms with van der Waals surface area (Å²) in [6.07, 6.45) is 6.02. The number of carbonyl (C=O) groups is 1. The summed E-state index contributed by atoms with van der Waals surface area (Å²) >= 11 is 1.66. The maximum absolute atomic E-state index is 12.6. The molecule has 1 atom stereocenters. The Hall–Kier alpha value is -2.47. The number of amides is 1. The SMILES string of the molecule is Cc1nn(C)cc1C(=O)NC(Cc1ccsc1)c1cccnc1. The van der Waals surface area contributed by atoms with Crippen LogP contribution < -0.4 is 5.32 Å². The molecule has 3 aromatic heterocycles. The lowest BCUT2D eigenvalue weighted by Gasteiger charge is -2.18. The van der Waals surface area contributed by atoms with Crippen LogP contribution in [-0.4, -0.2) is 20.7 Å². The molecule has 23 heavy (non-hydrogen) atoms. The van der Waals surface area contributed by atoms with Gasteiger partial charge in [0.1, 0.15) is 0 Å². The van der Waals surface area contributed by atoms with Crippen molar-refractivity contribution in [3.05, 3.63) is 69.9 Å². The summed E-state index contributed by atoms with van der Waals surface area (Å²) in [7, 11) is 1.81. The van der Waals surface area contributed by atoms with E-state index in [4.69, 9.17) is 0 Å². The number of hydrogen-bond acceptors (Lipinski definition) is 4. The van der Waals surface area contributed by atoms with Crippen LogP contribution in [0.15, 0.2) is 47.5 Å². The molecule has 0 aliphatic rings. The molecule has 0 fully saturated rings. The Morgan fingerprint density at radius 1 is 1.43 bits per heavy atom. The van der Waals surface area contributed by atoms with Crippen LogP contribution in [0.4, 0.5) is 0 Å². The minimum absolute atomic E-state index is 0.111. The van der Waals surface area contributed by atoms with E-state index in [9.17, 15) is 4.79 Å². The molecule has 0 aliphatic heterocycles. The summed E-state index contributed by atoms with van der Waals surface area (Å²) in [4.78, 5) is 16.8. The maximum atomic E-state index is 12.6. The first kappa shape index (κ1) is 15.4. The van der Waals surface area contributed by atoms with Gasteiger partial charge in [0, 0.05) is 25.6 Å². The highest BCUT2D eigenvalue weighted by molar-refractivity contribution is 7.07. The Kier molecular flexibility index (Phi) is 4.52. The summed E-state index contributed by atoms with van der Waals surface area (Å²) in [5.74, 6) is -0.111. The molecule has 3 rings (SSSR count). The molecular weight excluding hydrogens is 308 g/mol. The van der Waals surface area contributed by atoms with E-state index in [2.05, 4.69) is 26.8 Å². The van der Waals surface area contributed by atoms with Crippen molar-refractivity contribution in [1.82, 2.24) is 20.1 Å². The van der Waals surface area contributed by atoms with Crippen molar-refractivity contribution in [2.75, 3.05) is 0 Å². The van der Waals surface area contributed by atoms with Gasteiger partial charge in [0.25, 0.3) is 5.91 Å². The van der Waals surface area contributed by atoms with Gasteiger partial charge in [-0.05, 0) is 47.4 Å². The number of thiophene rings is 1. The van der Waals surface area contributed by atoms with E-state index in [1.165, 1.54) is 5.56 Å². The van der Waals surface area contributed by atoms with Crippen LogP contribution in [0.2, 0.25) is 0 Å². The molecule has 3 heterocycles. The third kappa shape index (κ3) is 3.65. The van der Waals surface area contributed by atoms with Crippen molar-refractivity contribution >= 4 is 17.2 Å². The lowest BCUT2D eigenvalue weighted by atomic mass is 10.0. The fourth-order valence-electron chi connectivity index (χ4n) is 2.54. The molecule has 1 N–H and O–H groups in total.